The van der Waals surface area contributed by atoms with Crippen molar-refractivity contribution < 1.29 is 28.2 Å². The first-order chi connectivity index (χ1) is 15.4. The smallest absolute Gasteiger partial charge is 0.434 e. The van der Waals surface area contributed by atoms with Crippen LogP contribution in [0, 0.1) is 11.7 Å². The highest BCUT2D eigenvalue weighted by Gasteiger charge is 2.27. The van der Waals surface area contributed by atoms with Crippen molar-refractivity contribution in [3.63, 3.8) is 0 Å². The zero-order valence-electron chi connectivity index (χ0n) is 17.6. The first-order valence-corrected chi connectivity index (χ1v) is 10.7. The SMILES string of the molecule is CCOC(=O)Oc1ccc(C(=O)NCC2CCN(C(=O)c3c(F)cccc3Cl)CC2)cc1. The summed E-state index contributed by atoms with van der Waals surface area (Å²) in [4.78, 5) is 37.9. The third kappa shape index (κ3) is 5.97. The monoisotopic (exact) mass is 462 g/mol. The standard InChI is InChI=1S/C23H24ClFN2O5/c1-2-31-23(30)32-17-8-6-16(7-9-17)21(28)26-14-15-10-12-27(13-11-15)22(29)20-18(24)4-3-5-19(20)25/h3-9,15H,2,10-14H2,1H3,(H,26,28). The normalized spacial score (nSPS) is 14.0. The summed E-state index contributed by atoms with van der Waals surface area (Å²) in [6.45, 7) is 3.27. The van der Waals surface area contributed by atoms with Gasteiger partial charge in [-0.25, -0.2) is 9.18 Å². The molecule has 2 aromatic carbocycles. The molecule has 1 saturated heterocycles. The number of hydrogen-bond acceptors (Lipinski definition) is 5. The largest absolute Gasteiger partial charge is 0.513 e. The Balaban J connectivity index is 1.46. The molecular formula is C23H24ClFN2O5. The molecule has 7 nitrogen and oxygen atoms in total. The molecule has 0 unspecified atom stereocenters. The van der Waals surface area contributed by atoms with Crippen LogP contribution >= 0.6 is 11.6 Å². The molecule has 0 aliphatic carbocycles. The van der Waals surface area contributed by atoms with E-state index in [1.54, 1.807) is 24.0 Å². The molecular weight excluding hydrogens is 439 g/mol. The molecule has 170 valence electrons. The topological polar surface area (TPSA) is 84.9 Å². The van der Waals surface area contributed by atoms with E-state index in [0.29, 0.717) is 38.0 Å². The van der Waals surface area contributed by atoms with E-state index < -0.39 is 17.9 Å². The third-order valence-corrected chi connectivity index (χ3v) is 5.52. The Labute approximate surface area is 190 Å². The molecule has 1 heterocycles. The molecule has 1 N–H and O–H groups in total. The van der Waals surface area contributed by atoms with Crippen LogP contribution in [-0.2, 0) is 4.74 Å². The number of carbonyl (C=O) groups is 3. The number of carbonyl (C=O) groups excluding carboxylic acids is 3. The van der Waals surface area contributed by atoms with Crippen molar-refractivity contribution in [2.24, 2.45) is 5.92 Å². The number of halogens is 2. The second-order valence-electron chi connectivity index (χ2n) is 7.35. The van der Waals surface area contributed by atoms with Gasteiger partial charge in [0.1, 0.15) is 11.6 Å². The minimum Gasteiger partial charge on any atom is -0.434 e. The van der Waals surface area contributed by atoms with Crippen molar-refractivity contribution in [2.45, 2.75) is 19.8 Å². The molecule has 0 atom stereocenters. The van der Waals surface area contributed by atoms with Crippen LogP contribution in [0.4, 0.5) is 9.18 Å². The number of amides is 2. The Kier molecular flexibility index (Phi) is 8.05. The molecule has 9 heteroatoms. The lowest BCUT2D eigenvalue weighted by atomic mass is 9.96. The maximum Gasteiger partial charge on any atom is 0.513 e. The lowest BCUT2D eigenvalue weighted by Crippen LogP contribution is -2.41. The summed E-state index contributed by atoms with van der Waals surface area (Å²) in [7, 11) is 0. The van der Waals surface area contributed by atoms with Crippen LogP contribution in [0.2, 0.25) is 5.02 Å². The van der Waals surface area contributed by atoms with Crippen LogP contribution in [0.3, 0.4) is 0 Å². The molecule has 0 bridgehead atoms. The summed E-state index contributed by atoms with van der Waals surface area (Å²) in [6.07, 6.45) is 0.571. The molecule has 1 aliphatic heterocycles. The molecule has 0 aromatic heterocycles. The quantitative estimate of drug-likeness (QED) is 0.511. The maximum absolute atomic E-state index is 14.0. The maximum atomic E-state index is 14.0. The zero-order valence-corrected chi connectivity index (χ0v) is 18.4. The highest BCUT2D eigenvalue weighted by Crippen LogP contribution is 2.24. The van der Waals surface area contributed by atoms with E-state index in [-0.39, 0.29) is 34.8 Å². The van der Waals surface area contributed by atoms with Crippen molar-refractivity contribution in [2.75, 3.05) is 26.2 Å². The Hall–Kier alpha value is -3.13. The second kappa shape index (κ2) is 10.9. The van der Waals surface area contributed by atoms with E-state index >= 15 is 0 Å². The molecule has 0 radical (unpaired) electrons. The number of benzene rings is 2. The molecule has 2 amide bonds. The van der Waals surface area contributed by atoms with Crippen LogP contribution in [0.15, 0.2) is 42.5 Å². The fourth-order valence-corrected chi connectivity index (χ4v) is 3.70. The van der Waals surface area contributed by atoms with Gasteiger partial charge < -0.3 is 19.7 Å². The van der Waals surface area contributed by atoms with Gasteiger partial charge >= 0.3 is 6.16 Å². The average molecular weight is 463 g/mol. The zero-order chi connectivity index (χ0) is 23.1. The lowest BCUT2D eigenvalue weighted by molar-refractivity contribution is 0.0679. The second-order valence-corrected chi connectivity index (χ2v) is 7.76. The predicted molar refractivity (Wildman–Crippen MR) is 116 cm³/mol. The Bertz CT molecular complexity index is 955. The van der Waals surface area contributed by atoms with Crippen LogP contribution in [0.1, 0.15) is 40.5 Å². The number of hydrogen-bond donors (Lipinski definition) is 1. The number of likely N-dealkylation sites (tertiary alicyclic amines) is 1. The minimum atomic E-state index is -0.799. The number of nitrogens with zero attached hydrogens (tertiary/aromatic N) is 1. The van der Waals surface area contributed by atoms with E-state index in [1.165, 1.54) is 30.3 Å². The number of ether oxygens (including phenoxy) is 2. The highest BCUT2D eigenvalue weighted by molar-refractivity contribution is 6.33. The van der Waals surface area contributed by atoms with E-state index in [2.05, 4.69) is 5.32 Å². The molecule has 2 aromatic rings. The molecule has 1 fully saturated rings. The van der Waals surface area contributed by atoms with Crippen molar-refractivity contribution in [3.05, 3.63) is 64.4 Å². The summed E-state index contributed by atoms with van der Waals surface area (Å²) >= 11 is 6.00. The van der Waals surface area contributed by atoms with Crippen LogP contribution in [0.25, 0.3) is 0 Å². The van der Waals surface area contributed by atoms with Gasteiger partial charge in [0.25, 0.3) is 11.8 Å². The predicted octanol–water partition coefficient (Wildman–Crippen LogP) is 4.30. The van der Waals surface area contributed by atoms with E-state index in [0.717, 1.165) is 0 Å². The summed E-state index contributed by atoms with van der Waals surface area (Å²) in [5.41, 5.74) is 0.333. The summed E-state index contributed by atoms with van der Waals surface area (Å²) < 4.78 is 23.7. The molecule has 0 saturated carbocycles. The van der Waals surface area contributed by atoms with Gasteiger partial charge in [-0.05, 0) is 62.1 Å². The third-order valence-electron chi connectivity index (χ3n) is 5.21. The van der Waals surface area contributed by atoms with Crippen molar-refractivity contribution >= 4 is 29.6 Å². The van der Waals surface area contributed by atoms with Crippen LogP contribution in [-0.4, -0.2) is 49.1 Å². The van der Waals surface area contributed by atoms with Gasteiger partial charge in [-0.2, -0.15) is 0 Å². The van der Waals surface area contributed by atoms with Gasteiger partial charge in [0.2, 0.25) is 0 Å². The van der Waals surface area contributed by atoms with Gasteiger partial charge in [-0.15, -0.1) is 0 Å². The minimum absolute atomic E-state index is 0.100. The van der Waals surface area contributed by atoms with E-state index in [1.807, 2.05) is 0 Å². The Morgan fingerprint density at radius 3 is 2.44 bits per heavy atom. The first kappa shape index (κ1) is 23.5. The summed E-state index contributed by atoms with van der Waals surface area (Å²) in [6, 6.07) is 10.3. The Morgan fingerprint density at radius 1 is 1.12 bits per heavy atom. The summed E-state index contributed by atoms with van der Waals surface area (Å²) in [5, 5.41) is 2.99. The first-order valence-electron chi connectivity index (χ1n) is 10.3. The number of nitrogens with one attached hydrogen (secondary N) is 1. The highest BCUT2D eigenvalue weighted by atomic mass is 35.5. The van der Waals surface area contributed by atoms with Crippen LogP contribution < -0.4 is 10.1 Å². The van der Waals surface area contributed by atoms with Gasteiger partial charge in [0.15, 0.2) is 0 Å². The van der Waals surface area contributed by atoms with E-state index in [4.69, 9.17) is 21.1 Å². The number of rotatable bonds is 6. The lowest BCUT2D eigenvalue weighted by Gasteiger charge is -2.32. The van der Waals surface area contributed by atoms with Crippen molar-refractivity contribution in [1.82, 2.24) is 10.2 Å². The molecule has 1 aliphatic rings. The molecule has 0 spiro atoms. The molecule has 3 rings (SSSR count). The van der Waals surface area contributed by atoms with Crippen molar-refractivity contribution in [1.29, 1.82) is 0 Å². The Morgan fingerprint density at radius 2 is 1.81 bits per heavy atom. The van der Waals surface area contributed by atoms with Gasteiger partial charge in [-0.3, -0.25) is 9.59 Å². The molecule has 32 heavy (non-hydrogen) atoms. The van der Waals surface area contributed by atoms with Gasteiger partial charge in [0, 0.05) is 25.2 Å². The van der Waals surface area contributed by atoms with Crippen LogP contribution in [0.5, 0.6) is 5.75 Å². The fourth-order valence-electron chi connectivity index (χ4n) is 3.46. The fraction of sp³-hybridized carbons (Fsp3) is 0.348. The van der Waals surface area contributed by atoms with Gasteiger partial charge in [0.05, 0.1) is 17.2 Å². The van der Waals surface area contributed by atoms with E-state index in [9.17, 15) is 18.8 Å². The average Bonchev–Trinajstić information content (AvgIpc) is 2.78. The van der Waals surface area contributed by atoms with Crippen molar-refractivity contribution in [3.8, 4) is 5.75 Å². The van der Waals surface area contributed by atoms with Gasteiger partial charge in [-0.1, -0.05) is 17.7 Å². The number of piperidine rings is 1. The summed E-state index contributed by atoms with van der Waals surface area (Å²) in [5.74, 6) is -0.807.